The average molecular weight is 349 g/mol. The number of carbonyl (C=O) groups is 2. The van der Waals surface area contributed by atoms with E-state index in [0.717, 1.165) is 19.3 Å². The Kier molecular flexibility index (Phi) is 4.40. The number of thiophene rings is 1. The van der Waals surface area contributed by atoms with Crippen LogP contribution >= 0.6 is 11.3 Å². The minimum Gasteiger partial charge on any atom is -0.479 e. The lowest BCUT2D eigenvalue weighted by Gasteiger charge is -2.41. The minimum absolute atomic E-state index is 0.205. The maximum Gasteiger partial charge on any atom is 0.329 e. The van der Waals surface area contributed by atoms with E-state index in [9.17, 15) is 19.5 Å². The van der Waals surface area contributed by atoms with Crippen molar-refractivity contribution in [2.24, 2.45) is 0 Å². The SMILES string of the molecule is CN(C(=O)Cn1cnc2sccc2c1=O)C1(C(=O)O)CCCCC1. The van der Waals surface area contributed by atoms with Crippen molar-refractivity contribution in [2.75, 3.05) is 7.05 Å². The summed E-state index contributed by atoms with van der Waals surface area (Å²) >= 11 is 1.36. The van der Waals surface area contributed by atoms with Crippen LogP contribution in [0.25, 0.3) is 10.2 Å². The molecule has 1 saturated carbocycles. The Bertz CT molecular complexity index is 835. The second-order valence-corrected chi connectivity index (χ2v) is 7.06. The van der Waals surface area contributed by atoms with E-state index in [2.05, 4.69) is 4.98 Å². The molecule has 8 heteroatoms. The number of hydrogen-bond acceptors (Lipinski definition) is 5. The molecular weight excluding hydrogens is 330 g/mol. The second kappa shape index (κ2) is 6.35. The summed E-state index contributed by atoms with van der Waals surface area (Å²) in [5, 5.41) is 11.9. The number of aromatic nitrogens is 2. The molecule has 0 aliphatic heterocycles. The van der Waals surface area contributed by atoms with Crippen LogP contribution < -0.4 is 5.56 Å². The Morgan fingerprint density at radius 1 is 1.38 bits per heavy atom. The number of rotatable bonds is 4. The summed E-state index contributed by atoms with van der Waals surface area (Å²) in [7, 11) is 1.52. The molecule has 128 valence electrons. The molecular formula is C16H19N3O4S. The molecule has 0 saturated heterocycles. The normalized spacial score (nSPS) is 16.9. The van der Waals surface area contributed by atoms with Crippen LogP contribution in [-0.4, -0.2) is 44.0 Å². The Hall–Kier alpha value is -2.22. The van der Waals surface area contributed by atoms with Gasteiger partial charge < -0.3 is 10.0 Å². The van der Waals surface area contributed by atoms with Gasteiger partial charge in [0.25, 0.3) is 5.56 Å². The zero-order valence-corrected chi connectivity index (χ0v) is 14.2. The molecule has 1 fully saturated rings. The van der Waals surface area contributed by atoms with Crippen LogP contribution in [-0.2, 0) is 16.1 Å². The van der Waals surface area contributed by atoms with Gasteiger partial charge in [0, 0.05) is 7.05 Å². The van der Waals surface area contributed by atoms with Crippen molar-refractivity contribution in [1.82, 2.24) is 14.5 Å². The van der Waals surface area contributed by atoms with E-state index in [1.807, 2.05) is 0 Å². The van der Waals surface area contributed by atoms with Crippen molar-refractivity contribution in [3.63, 3.8) is 0 Å². The summed E-state index contributed by atoms with van der Waals surface area (Å²) in [5.41, 5.74) is -1.45. The fourth-order valence-corrected chi connectivity index (χ4v) is 4.05. The molecule has 2 aromatic rings. The van der Waals surface area contributed by atoms with E-state index in [4.69, 9.17) is 0 Å². The largest absolute Gasteiger partial charge is 0.479 e. The third-order valence-electron chi connectivity index (χ3n) is 4.85. The standard InChI is InChI=1S/C16H19N3O4S/c1-18(16(15(22)23)6-3-2-4-7-16)12(20)9-19-10-17-13-11(14(19)21)5-8-24-13/h5,8,10H,2-4,6-7,9H2,1H3,(H,22,23). The summed E-state index contributed by atoms with van der Waals surface area (Å²) in [4.78, 5) is 42.9. The van der Waals surface area contributed by atoms with Crippen molar-refractivity contribution in [3.8, 4) is 0 Å². The monoisotopic (exact) mass is 349 g/mol. The molecule has 7 nitrogen and oxygen atoms in total. The molecule has 0 spiro atoms. The van der Waals surface area contributed by atoms with Crippen LogP contribution in [0.1, 0.15) is 32.1 Å². The first-order valence-corrected chi connectivity index (χ1v) is 8.76. The molecule has 3 rings (SSSR count). The molecule has 0 unspecified atom stereocenters. The van der Waals surface area contributed by atoms with Gasteiger partial charge in [-0.2, -0.15) is 0 Å². The number of amides is 1. The minimum atomic E-state index is -1.17. The number of fused-ring (bicyclic) bond motifs is 1. The van der Waals surface area contributed by atoms with Gasteiger partial charge in [-0.3, -0.25) is 14.2 Å². The highest BCUT2D eigenvalue weighted by atomic mass is 32.1. The van der Waals surface area contributed by atoms with Gasteiger partial charge in [0.2, 0.25) is 5.91 Å². The number of aliphatic carboxylic acids is 1. The fraction of sp³-hybridized carbons (Fsp3) is 0.500. The quantitative estimate of drug-likeness (QED) is 0.907. The number of likely N-dealkylation sites (N-methyl/N-ethyl adjacent to an activating group) is 1. The lowest BCUT2D eigenvalue weighted by atomic mass is 9.80. The third kappa shape index (κ3) is 2.71. The predicted molar refractivity (Wildman–Crippen MR) is 90.1 cm³/mol. The molecule has 2 aromatic heterocycles. The molecule has 2 heterocycles. The summed E-state index contributed by atoms with van der Waals surface area (Å²) < 4.78 is 1.24. The van der Waals surface area contributed by atoms with Gasteiger partial charge in [-0.25, -0.2) is 9.78 Å². The van der Waals surface area contributed by atoms with Gasteiger partial charge in [0.1, 0.15) is 16.9 Å². The van der Waals surface area contributed by atoms with Gasteiger partial charge >= 0.3 is 5.97 Å². The van der Waals surface area contributed by atoms with Crippen LogP contribution in [0.3, 0.4) is 0 Å². The van der Waals surface area contributed by atoms with Crippen LogP contribution in [0.2, 0.25) is 0 Å². The molecule has 0 radical (unpaired) electrons. The van der Waals surface area contributed by atoms with Crippen molar-refractivity contribution in [2.45, 2.75) is 44.2 Å². The molecule has 0 atom stereocenters. The molecule has 24 heavy (non-hydrogen) atoms. The highest BCUT2D eigenvalue weighted by molar-refractivity contribution is 7.16. The van der Waals surface area contributed by atoms with E-state index in [0.29, 0.717) is 23.1 Å². The first-order chi connectivity index (χ1) is 11.5. The third-order valence-corrected chi connectivity index (χ3v) is 5.67. The lowest BCUT2D eigenvalue weighted by Crippen LogP contribution is -2.57. The van der Waals surface area contributed by atoms with Crippen molar-refractivity contribution in [1.29, 1.82) is 0 Å². The van der Waals surface area contributed by atoms with Crippen molar-refractivity contribution < 1.29 is 14.7 Å². The summed E-state index contributed by atoms with van der Waals surface area (Å²) in [5.74, 6) is -1.37. The number of hydrogen-bond donors (Lipinski definition) is 1. The van der Waals surface area contributed by atoms with Crippen LogP contribution in [0.5, 0.6) is 0 Å². The number of carboxylic acids is 1. The lowest BCUT2D eigenvalue weighted by molar-refractivity contribution is -0.160. The van der Waals surface area contributed by atoms with Gasteiger partial charge in [0.15, 0.2) is 0 Å². The Morgan fingerprint density at radius 2 is 2.08 bits per heavy atom. The first-order valence-electron chi connectivity index (χ1n) is 7.88. The smallest absolute Gasteiger partial charge is 0.329 e. The maximum atomic E-state index is 12.6. The Morgan fingerprint density at radius 3 is 2.75 bits per heavy atom. The van der Waals surface area contributed by atoms with Crippen LogP contribution in [0.15, 0.2) is 22.6 Å². The zero-order chi connectivity index (χ0) is 17.3. The van der Waals surface area contributed by atoms with Gasteiger partial charge in [-0.1, -0.05) is 19.3 Å². The Labute approximate surface area is 142 Å². The highest BCUT2D eigenvalue weighted by Crippen LogP contribution is 2.33. The van der Waals surface area contributed by atoms with Crippen molar-refractivity contribution in [3.05, 3.63) is 28.1 Å². The van der Waals surface area contributed by atoms with Gasteiger partial charge in [0.05, 0.1) is 11.7 Å². The Balaban J connectivity index is 1.86. The maximum absolute atomic E-state index is 12.6. The average Bonchev–Trinajstić information content (AvgIpc) is 3.06. The molecule has 1 aliphatic rings. The van der Waals surface area contributed by atoms with Crippen molar-refractivity contribution >= 4 is 33.4 Å². The highest BCUT2D eigenvalue weighted by Gasteiger charge is 2.45. The summed E-state index contributed by atoms with van der Waals surface area (Å²) in [6.07, 6.45) is 4.79. The van der Waals surface area contributed by atoms with Crippen LogP contribution in [0.4, 0.5) is 0 Å². The van der Waals surface area contributed by atoms with Gasteiger partial charge in [-0.05, 0) is 24.3 Å². The number of carboxylic acid groups (broad SMARTS) is 1. The number of nitrogens with zero attached hydrogens (tertiary/aromatic N) is 3. The molecule has 1 N–H and O–H groups in total. The zero-order valence-electron chi connectivity index (χ0n) is 13.4. The fourth-order valence-electron chi connectivity index (χ4n) is 3.33. The molecule has 1 amide bonds. The first kappa shape index (κ1) is 16.6. The van der Waals surface area contributed by atoms with E-state index < -0.39 is 17.4 Å². The predicted octanol–water partition coefficient (Wildman–Crippen LogP) is 1.70. The van der Waals surface area contributed by atoms with E-state index in [1.54, 1.807) is 11.4 Å². The molecule has 1 aliphatic carbocycles. The summed E-state index contributed by atoms with van der Waals surface area (Å²) in [6.45, 7) is -0.205. The van der Waals surface area contributed by atoms with E-state index >= 15 is 0 Å². The summed E-state index contributed by atoms with van der Waals surface area (Å²) in [6, 6.07) is 1.68. The molecule has 0 bridgehead atoms. The van der Waals surface area contributed by atoms with Crippen LogP contribution in [0, 0.1) is 0 Å². The topological polar surface area (TPSA) is 92.5 Å². The second-order valence-electron chi connectivity index (χ2n) is 6.17. The van der Waals surface area contributed by atoms with E-state index in [-0.39, 0.29) is 12.1 Å². The number of carbonyl (C=O) groups excluding carboxylic acids is 1. The molecule has 0 aromatic carbocycles. The van der Waals surface area contributed by atoms with E-state index in [1.165, 1.54) is 34.2 Å². The van der Waals surface area contributed by atoms with Gasteiger partial charge in [-0.15, -0.1) is 11.3 Å².